The number of alkyl halides is 3. The molecular formula is C15H14ClF3N2. The largest absolute Gasteiger partial charge is 0.416 e. The van der Waals surface area contributed by atoms with Crippen molar-refractivity contribution in [3.63, 3.8) is 0 Å². The highest BCUT2D eigenvalue weighted by molar-refractivity contribution is 6.30. The number of hydrogen-bond acceptors (Lipinski definition) is 2. The fourth-order valence-corrected chi connectivity index (χ4v) is 2.54. The molecule has 0 heterocycles. The monoisotopic (exact) mass is 314 g/mol. The Kier molecular flexibility index (Phi) is 4.56. The molecule has 0 bridgehead atoms. The van der Waals surface area contributed by atoms with Crippen molar-refractivity contribution < 1.29 is 13.2 Å². The summed E-state index contributed by atoms with van der Waals surface area (Å²) < 4.78 is 39.4. The Labute approximate surface area is 125 Å². The van der Waals surface area contributed by atoms with Crippen LogP contribution in [0.4, 0.5) is 13.2 Å². The highest BCUT2D eigenvalue weighted by Crippen LogP contribution is 2.37. The minimum absolute atomic E-state index is 0.0814. The van der Waals surface area contributed by atoms with Gasteiger partial charge in [0, 0.05) is 5.02 Å². The average Bonchev–Trinajstić information content (AvgIpc) is 2.41. The Bertz CT molecular complexity index is 641. The van der Waals surface area contributed by atoms with Gasteiger partial charge in [-0.2, -0.15) is 13.2 Å². The summed E-state index contributed by atoms with van der Waals surface area (Å²) in [6.45, 7) is 1.78. The average molecular weight is 315 g/mol. The summed E-state index contributed by atoms with van der Waals surface area (Å²) in [5.41, 5.74) is 3.26. The summed E-state index contributed by atoms with van der Waals surface area (Å²) in [7, 11) is 0. The first-order valence-electron chi connectivity index (χ1n) is 6.23. The minimum Gasteiger partial charge on any atom is -0.271 e. The second-order valence-electron chi connectivity index (χ2n) is 4.69. The molecule has 0 aromatic heterocycles. The molecule has 6 heteroatoms. The van der Waals surface area contributed by atoms with Crippen LogP contribution in [0.25, 0.3) is 0 Å². The second kappa shape index (κ2) is 6.05. The van der Waals surface area contributed by atoms with Crippen LogP contribution in [0.1, 0.15) is 28.3 Å². The van der Waals surface area contributed by atoms with E-state index in [-0.39, 0.29) is 5.56 Å². The van der Waals surface area contributed by atoms with Gasteiger partial charge in [0.05, 0.1) is 11.6 Å². The van der Waals surface area contributed by atoms with E-state index in [1.54, 1.807) is 31.2 Å². The van der Waals surface area contributed by atoms with E-state index in [0.717, 1.165) is 11.6 Å². The topological polar surface area (TPSA) is 38.0 Å². The normalized spacial score (nSPS) is 13.2. The first-order chi connectivity index (χ1) is 9.84. The van der Waals surface area contributed by atoms with Gasteiger partial charge < -0.3 is 0 Å². The van der Waals surface area contributed by atoms with Gasteiger partial charge in [-0.1, -0.05) is 35.9 Å². The van der Waals surface area contributed by atoms with Gasteiger partial charge in [-0.25, -0.2) is 5.43 Å². The van der Waals surface area contributed by atoms with Crippen molar-refractivity contribution in [2.45, 2.75) is 19.1 Å². The lowest BCUT2D eigenvalue weighted by Gasteiger charge is -2.23. The lowest BCUT2D eigenvalue weighted by Crippen LogP contribution is -2.31. The van der Waals surface area contributed by atoms with E-state index < -0.39 is 17.8 Å². The van der Waals surface area contributed by atoms with E-state index in [1.165, 1.54) is 12.1 Å². The van der Waals surface area contributed by atoms with E-state index in [4.69, 9.17) is 17.4 Å². The third kappa shape index (κ3) is 3.37. The number of benzene rings is 2. The van der Waals surface area contributed by atoms with Gasteiger partial charge in [0.25, 0.3) is 0 Å². The summed E-state index contributed by atoms with van der Waals surface area (Å²) in [6, 6.07) is 9.61. The molecule has 112 valence electrons. The van der Waals surface area contributed by atoms with E-state index in [0.29, 0.717) is 10.6 Å². The number of rotatable bonds is 3. The SMILES string of the molecule is Cc1cc(Cl)ccc1C(NN)c1ccccc1C(F)(F)F. The molecule has 3 N–H and O–H groups in total. The third-order valence-corrected chi connectivity index (χ3v) is 3.52. The number of hydrogen-bond donors (Lipinski definition) is 2. The first kappa shape index (κ1) is 15.8. The molecule has 1 atom stereocenters. The lowest BCUT2D eigenvalue weighted by molar-refractivity contribution is -0.138. The van der Waals surface area contributed by atoms with Crippen molar-refractivity contribution in [1.29, 1.82) is 0 Å². The van der Waals surface area contributed by atoms with Crippen LogP contribution in [0.15, 0.2) is 42.5 Å². The molecule has 21 heavy (non-hydrogen) atoms. The zero-order valence-electron chi connectivity index (χ0n) is 11.2. The number of nitrogens with one attached hydrogen (secondary N) is 1. The first-order valence-corrected chi connectivity index (χ1v) is 6.60. The molecule has 0 saturated heterocycles. The Morgan fingerprint density at radius 2 is 1.76 bits per heavy atom. The van der Waals surface area contributed by atoms with Gasteiger partial charge >= 0.3 is 6.18 Å². The van der Waals surface area contributed by atoms with Crippen LogP contribution >= 0.6 is 11.6 Å². The molecule has 0 aliphatic carbocycles. The Hall–Kier alpha value is -1.56. The maximum atomic E-state index is 13.1. The molecule has 0 fully saturated rings. The van der Waals surface area contributed by atoms with Crippen LogP contribution in [0.3, 0.4) is 0 Å². The molecule has 0 aliphatic heterocycles. The minimum atomic E-state index is -4.44. The zero-order valence-corrected chi connectivity index (χ0v) is 12.0. The fraction of sp³-hybridized carbons (Fsp3) is 0.200. The molecule has 2 rings (SSSR count). The quantitative estimate of drug-likeness (QED) is 0.657. The summed E-state index contributed by atoms with van der Waals surface area (Å²) in [6.07, 6.45) is -4.44. The summed E-state index contributed by atoms with van der Waals surface area (Å²) >= 11 is 5.88. The van der Waals surface area contributed by atoms with Crippen LogP contribution in [0.5, 0.6) is 0 Å². The fourth-order valence-electron chi connectivity index (χ4n) is 2.32. The van der Waals surface area contributed by atoms with Gasteiger partial charge in [0.2, 0.25) is 0 Å². The van der Waals surface area contributed by atoms with Crippen LogP contribution in [0, 0.1) is 6.92 Å². The van der Waals surface area contributed by atoms with E-state index in [2.05, 4.69) is 5.43 Å². The van der Waals surface area contributed by atoms with Crippen LogP contribution in [-0.4, -0.2) is 0 Å². The highest BCUT2D eigenvalue weighted by Gasteiger charge is 2.35. The van der Waals surface area contributed by atoms with Crippen LogP contribution < -0.4 is 11.3 Å². The maximum Gasteiger partial charge on any atom is 0.416 e. The van der Waals surface area contributed by atoms with E-state index in [1.807, 2.05) is 0 Å². The van der Waals surface area contributed by atoms with Gasteiger partial charge in [-0.3, -0.25) is 5.84 Å². The van der Waals surface area contributed by atoms with Gasteiger partial charge in [0.1, 0.15) is 0 Å². The second-order valence-corrected chi connectivity index (χ2v) is 5.12. The van der Waals surface area contributed by atoms with Crippen LogP contribution in [-0.2, 0) is 6.18 Å². The molecule has 2 aromatic rings. The third-order valence-electron chi connectivity index (χ3n) is 3.29. The molecule has 2 nitrogen and oxygen atoms in total. The van der Waals surface area contributed by atoms with Gasteiger partial charge in [-0.15, -0.1) is 0 Å². The lowest BCUT2D eigenvalue weighted by atomic mass is 9.92. The maximum absolute atomic E-state index is 13.1. The summed E-state index contributed by atoms with van der Waals surface area (Å²) in [4.78, 5) is 0. The van der Waals surface area contributed by atoms with Gasteiger partial charge in [-0.05, 0) is 41.8 Å². The van der Waals surface area contributed by atoms with Crippen LogP contribution in [0.2, 0.25) is 5.02 Å². The van der Waals surface area contributed by atoms with Crippen molar-refractivity contribution in [3.8, 4) is 0 Å². The molecule has 1 unspecified atom stereocenters. The highest BCUT2D eigenvalue weighted by atomic mass is 35.5. The number of nitrogens with two attached hydrogens (primary N) is 1. The number of aryl methyl sites for hydroxylation is 1. The van der Waals surface area contributed by atoms with Crippen molar-refractivity contribution in [3.05, 3.63) is 69.7 Å². The summed E-state index contributed by atoms with van der Waals surface area (Å²) in [5, 5.41) is 0.524. The molecule has 2 aromatic carbocycles. The molecule has 0 aliphatic rings. The molecule has 0 amide bonds. The molecule has 0 radical (unpaired) electrons. The van der Waals surface area contributed by atoms with Crippen molar-refractivity contribution >= 4 is 11.6 Å². The van der Waals surface area contributed by atoms with E-state index >= 15 is 0 Å². The predicted octanol–water partition coefficient (Wildman–Crippen LogP) is 4.22. The van der Waals surface area contributed by atoms with Crippen molar-refractivity contribution in [2.75, 3.05) is 0 Å². The Morgan fingerprint density at radius 3 is 2.33 bits per heavy atom. The standard InChI is InChI=1S/C15H14ClF3N2/c1-9-8-10(16)6-7-11(9)14(21-20)12-4-2-3-5-13(12)15(17,18)19/h2-8,14,21H,20H2,1H3. The zero-order chi connectivity index (χ0) is 15.6. The van der Waals surface area contributed by atoms with Crippen molar-refractivity contribution in [1.82, 2.24) is 5.43 Å². The van der Waals surface area contributed by atoms with Gasteiger partial charge in [0.15, 0.2) is 0 Å². The number of hydrazine groups is 1. The smallest absolute Gasteiger partial charge is 0.271 e. The molecular weight excluding hydrogens is 301 g/mol. The van der Waals surface area contributed by atoms with Crippen molar-refractivity contribution in [2.24, 2.45) is 5.84 Å². The Morgan fingerprint density at radius 1 is 1.10 bits per heavy atom. The Balaban J connectivity index is 2.57. The number of halogens is 4. The van der Waals surface area contributed by atoms with E-state index in [9.17, 15) is 13.2 Å². The summed E-state index contributed by atoms with van der Waals surface area (Å²) in [5.74, 6) is 5.51. The predicted molar refractivity (Wildman–Crippen MR) is 76.8 cm³/mol. The molecule has 0 saturated carbocycles. The molecule has 0 spiro atoms.